The smallest absolute Gasteiger partial charge is 0.253 e. The molecular formula is C36H35N3O6. The summed E-state index contributed by atoms with van der Waals surface area (Å²) in [6.07, 6.45) is 6.75. The zero-order valence-electron chi connectivity index (χ0n) is 24.9. The average molecular weight is 606 g/mol. The van der Waals surface area contributed by atoms with Gasteiger partial charge in [-0.25, -0.2) is 0 Å². The van der Waals surface area contributed by atoms with Crippen LogP contribution in [0.15, 0.2) is 109 Å². The number of nitrogens with zero attached hydrogens (tertiary/aromatic N) is 3. The Balaban J connectivity index is 1.33. The lowest BCUT2D eigenvalue weighted by molar-refractivity contribution is -0.147. The number of fused-ring (bicyclic) bond motifs is 2. The van der Waals surface area contributed by atoms with Crippen molar-refractivity contribution < 1.29 is 29.0 Å². The van der Waals surface area contributed by atoms with Crippen LogP contribution in [0.5, 0.6) is 5.75 Å². The zero-order valence-corrected chi connectivity index (χ0v) is 24.9. The maximum absolute atomic E-state index is 14.8. The van der Waals surface area contributed by atoms with Crippen molar-refractivity contribution in [2.45, 2.75) is 30.3 Å². The fourth-order valence-electron chi connectivity index (χ4n) is 7.43. The minimum atomic E-state index is -1.41. The van der Waals surface area contributed by atoms with Gasteiger partial charge in [0, 0.05) is 25.3 Å². The van der Waals surface area contributed by atoms with Crippen molar-refractivity contribution in [2.24, 2.45) is 11.8 Å². The SMILES string of the molecule is COc1ccc(N2CC=C[C@]34O[C@@H]5C=CCN(Cc6ccccc6)C(=O)[C@@H]5[C@H]3C(=O)N([C@H](CO)c3ccccc3)C4C2=O)cc1. The second kappa shape index (κ2) is 11.6. The maximum atomic E-state index is 14.8. The molecule has 9 nitrogen and oxygen atoms in total. The zero-order chi connectivity index (χ0) is 31.1. The molecule has 4 aliphatic rings. The van der Waals surface area contributed by atoms with Crippen LogP contribution in [-0.2, 0) is 25.7 Å². The summed E-state index contributed by atoms with van der Waals surface area (Å²) in [4.78, 5) is 48.8. The number of benzene rings is 3. The Kier molecular flexibility index (Phi) is 7.51. The first-order valence-corrected chi connectivity index (χ1v) is 15.2. The predicted octanol–water partition coefficient (Wildman–Crippen LogP) is 3.51. The normalized spacial score (nSPS) is 28.0. The number of methoxy groups -OCH3 is 1. The number of rotatable bonds is 7. The molecule has 1 unspecified atom stereocenters. The first-order valence-electron chi connectivity index (χ1n) is 15.2. The van der Waals surface area contributed by atoms with Crippen molar-refractivity contribution in [3.63, 3.8) is 0 Å². The molecule has 6 atom stereocenters. The van der Waals surface area contributed by atoms with E-state index >= 15 is 0 Å². The van der Waals surface area contributed by atoms with Crippen LogP contribution in [0.25, 0.3) is 0 Å². The fraction of sp³-hybridized carbons (Fsp3) is 0.306. The summed E-state index contributed by atoms with van der Waals surface area (Å²) in [6, 6.07) is 24.1. The minimum absolute atomic E-state index is 0.193. The number of anilines is 1. The molecule has 2 fully saturated rings. The van der Waals surface area contributed by atoms with Gasteiger partial charge < -0.3 is 29.3 Å². The number of aliphatic hydroxyl groups is 1. The van der Waals surface area contributed by atoms with Gasteiger partial charge in [0.05, 0.1) is 37.7 Å². The average Bonchev–Trinajstić information content (AvgIpc) is 3.39. The van der Waals surface area contributed by atoms with E-state index in [4.69, 9.17) is 9.47 Å². The van der Waals surface area contributed by atoms with E-state index < -0.39 is 42.2 Å². The minimum Gasteiger partial charge on any atom is -0.497 e. The fourth-order valence-corrected chi connectivity index (χ4v) is 7.43. The molecule has 0 saturated carbocycles. The number of aliphatic hydroxyl groups excluding tert-OH is 1. The second-order valence-electron chi connectivity index (χ2n) is 11.9. The lowest BCUT2D eigenvalue weighted by atomic mass is 9.77. The molecule has 4 heterocycles. The molecule has 0 bridgehead atoms. The molecule has 3 aromatic rings. The topological polar surface area (TPSA) is 99.6 Å². The molecule has 1 N–H and O–H groups in total. The van der Waals surface area contributed by atoms with Gasteiger partial charge in [-0.1, -0.05) is 85.0 Å². The molecular weight excluding hydrogens is 570 g/mol. The lowest BCUT2D eigenvalue weighted by Crippen LogP contribution is -2.56. The van der Waals surface area contributed by atoms with Crippen LogP contribution in [0, 0.1) is 11.8 Å². The molecule has 230 valence electrons. The van der Waals surface area contributed by atoms with Gasteiger partial charge in [0.25, 0.3) is 5.91 Å². The van der Waals surface area contributed by atoms with Crippen molar-refractivity contribution in [2.75, 3.05) is 31.7 Å². The second-order valence-corrected chi connectivity index (χ2v) is 11.9. The van der Waals surface area contributed by atoms with Crippen LogP contribution in [0.4, 0.5) is 5.69 Å². The molecule has 0 aromatic heterocycles. The van der Waals surface area contributed by atoms with Crippen molar-refractivity contribution >= 4 is 23.4 Å². The van der Waals surface area contributed by atoms with Crippen LogP contribution < -0.4 is 9.64 Å². The van der Waals surface area contributed by atoms with Gasteiger partial charge >= 0.3 is 0 Å². The molecule has 0 radical (unpaired) electrons. The Morgan fingerprint density at radius 1 is 0.889 bits per heavy atom. The van der Waals surface area contributed by atoms with E-state index in [1.165, 1.54) is 4.90 Å². The van der Waals surface area contributed by atoms with Crippen molar-refractivity contribution in [3.8, 4) is 5.75 Å². The monoisotopic (exact) mass is 605 g/mol. The highest BCUT2D eigenvalue weighted by Gasteiger charge is 2.72. The number of carbonyl (C=O) groups is 3. The number of ether oxygens (including phenoxy) is 2. The Hall–Kier alpha value is -4.73. The van der Waals surface area contributed by atoms with Gasteiger partial charge in [0.2, 0.25) is 11.8 Å². The number of hydrogen-bond acceptors (Lipinski definition) is 6. The Labute approximate surface area is 261 Å². The molecule has 4 aliphatic heterocycles. The van der Waals surface area contributed by atoms with Crippen LogP contribution in [0.1, 0.15) is 17.2 Å². The summed E-state index contributed by atoms with van der Waals surface area (Å²) in [7, 11) is 1.58. The maximum Gasteiger partial charge on any atom is 0.253 e. The van der Waals surface area contributed by atoms with E-state index in [0.29, 0.717) is 30.1 Å². The molecule has 3 aromatic carbocycles. The molecule has 2 saturated heterocycles. The molecule has 1 spiro atoms. The van der Waals surface area contributed by atoms with Crippen molar-refractivity contribution in [1.82, 2.24) is 9.80 Å². The van der Waals surface area contributed by atoms with E-state index in [9.17, 15) is 19.5 Å². The van der Waals surface area contributed by atoms with Crippen LogP contribution in [-0.4, -0.2) is 77.2 Å². The number of amides is 3. The lowest BCUT2D eigenvalue weighted by Gasteiger charge is -2.38. The van der Waals surface area contributed by atoms with Gasteiger partial charge in [0.15, 0.2) is 0 Å². The summed E-state index contributed by atoms with van der Waals surface area (Å²) in [6.45, 7) is 0.610. The number of carbonyl (C=O) groups excluding carboxylic acids is 3. The first kappa shape index (κ1) is 29.0. The van der Waals surface area contributed by atoms with E-state index in [1.54, 1.807) is 41.2 Å². The Morgan fingerprint density at radius 2 is 1.60 bits per heavy atom. The third-order valence-corrected chi connectivity index (χ3v) is 9.47. The van der Waals surface area contributed by atoms with Gasteiger partial charge in [-0.3, -0.25) is 14.4 Å². The molecule has 7 rings (SSSR count). The van der Waals surface area contributed by atoms with Gasteiger partial charge in [-0.05, 0) is 35.4 Å². The summed E-state index contributed by atoms with van der Waals surface area (Å²) in [5.74, 6) is -2.07. The van der Waals surface area contributed by atoms with E-state index in [-0.39, 0.29) is 24.3 Å². The summed E-state index contributed by atoms with van der Waals surface area (Å²) in [5, 5.41) is 10.8. The van der Waals surface area contributed by atoms with Crippen LogP contribution in [0.3, 0.4) is 0 Å². The molecule has 9 heteroatoms. The summed E-state index contributed by atoms with van der Waals surface area (Å²) < 4.78 is 12.1. The van der Waals surface area contributed by atoms with Crippen molar-refractivity contribution in [3.05, 3.63) is 120 Å². The standard InChI is InChI=1S/C36H35N3O6/c1-44-27-17-15-26(16-18-27)38-21-9-19-36-31(34(42)39(32(36)35(38)43)28(23-40)25-12-6-3-7-13-25)30-29(45-36)14-8-20-37(33(30)41)22-24-10-4-2-5-11-24/h2-19,28-32,40H,20-23H2,1H3/t28-,29-,30+,31+,32?,36+/m1/s1. The quantitative estimate of drug-likeness (QED) is 0.414. The summed E-state index contributed by atoms with van der Waals surface area (Å²) in [5.41, 5.74) is 0.890. The van der Waals surface area contributed by atoms with Crippen molar-refractivity contribution in [1.29, 1.82) is 0 Å². The molecule has 3 amide bonds. The Morgan fingerprint density at radius 3 is 2.29 bits per heavy atom. The third-order valence-electron chi connectivity index (χ3n) is 9.47. The van der Waals surface area contributed by atoms with E-state index in [0.717, 1.165) is 5.56 Å². The molecule has 45 heavy (non-hydrogen) atoms. The largest absolute Gasteiger partial charge is 0.497 e. The number of likely N-dealkylation sites (tertiary alicyclic amines) is 1. The highest BCUT2D eigenvalue weighted by atomic mass is 16.5. The van der Waals surface area contributed by atoms with Gasteiger partial charge in [-0.15, -0.1) is 0 Å². The highest BCUT2D eigenvalue weighted by molar-refractivity contribution is 6.06. The Bertz CT molecular complexity index is 1640. The summed E-state index contributed by atoms with van der Waals surface area (Å²) >= 11 is 0. The highest BCUT2D eigenvalue weighted by Crippen LogP contribution is 2.55. The predicted molar refractivity (Wildman–Crippen MR) is 167 cm³/mol. The van der Waals surface area contributed by atoms with Crippen LogP contribution >= 0.6 is 0 Å². The van der Waals surface area contributed by atoms with Crippen LogP contribution in [0.2, 0.25) is 0 Å². The third kappa shape index (κ3) is 4.74. The first-order chi connectivity index (χ1) is 22.0. The van der Waals surface area contributed by atoms with E-state index in [1.807, 2.05) is 85.0 Å². The number of hydrogen-bond donors (Lipinski definition) is 1. The van der Waals surface area contributed by atoms with Gasteiger partial charge in [-0.2, -0.15) is 0 Å². The van der Waals surface area contributed by atoms with E-state index in [2.05, 4.69) is 0 Å². The van der Waals surface area contributed by atoms with Gasteiger partial charge in [0.1, 0.15) is 17.4 Å². The molecule has 0 aliphatic carbocycles.